The molecule has 2 aliphatic heterocycles. The van der Waals surface area contributed by atoms with Crippen molar-refractivity contribution in [3.8, 4) is 11.5 Å². The Morgan fingerprint density at radius 3 is 2.76 bits per heavy atom. The second-order valence-electron chi connectivity index (χ2n) is 8.99. The summed E-state index contributed by atoms with van der Waals surface area (Å²) < 4.78 is 16.9. The average molecular weight is 460 g/mol. The molecule has 1 aliphatic carbocycles. The van der Waals surface area contributed by atoms with E-state index in [1.165, 1.54) is 4.90 Å². The summed E-state index contributed by atoms with van der Waals surface area (Å²) in [4.78, 5) is 38.7. The van der Waals surface area contributed by atoms with Gasteiger partial charge in [-0.15, -0.1) is 0 Å². The fraction of sp³-hybridized carbons (Fsp3) is 0.625. The molecule has 33 heavy (non-hydrogen) atoms. The second kappa shape index (κ2) is 10.4. The molecule has 1 aromatic carbocycles. The van der Waals surface area contributed by atoms with Crippen LogP contribution in [0, 0.1) is 0 Å². The van der Waals surface area contributed by atoms with E-state index in [0.29, 0.717) is 37.5 Å². The van der Waals surface area contributed by atoms with Gasteiger partial charge in [-0.3, -0.25) is 14.5 Å². The van der Waals surface area contributed by atoms with Crippen molar-refractivity contribution in [3.63, 3.8) is 0 Å². The van der Waals surface area contributed by atoms with E-state index in [1.807, 2.05) is 18.2 Å². The Morgan fingerprint density at radius 1 is 1.21 bits per heavy atom. The van der Waals surface area contributed by atoms with Gasteiger partial charge in [-0.2, -0.15) is 0 Å². The van der Waals surface area contributed by atoms with Crippen LogP contribution < -0.4 is 20.1 Å². The topological polar surface area (TPSA) is 106 Å². The number of methoxy groups -OCH3 is 1. The molecule has 9 nitrogen and oxygen atoms in total. The molecule has 9 heteroatoms. The molecule has 1 spiro atoms. The number of carbonyl (C=O) groups is 3. The van der Waals surface area contributed by atoms with Gasteiger partial charge in [0, 0.05) is 26.1 Å². The first-order valence-electron chi connectivity index (χ1n) is 11.8. The maximum absolute atomic E-state index is 12.8. The molecule has 2 saturated heterocycles. The van der Waals surface area contributed by atoms with E-state index in [1.54, 1.807) is 7.11 Å². The van der Waals surface area contributed by atoms with Crippen LogP contribution in [0.3, 0.4) is 0 Å². The zero-order chi connectivity index (χ0) is 23.3. The van der Waals surface area contributed by atoms with E-state index in [9.17, 15) is 14.4 Å². The Hall–Kier alpha value is -2.81. The standard InChI is InChI=1S/C24H33N3O6/c1-31-20-14-17(7-8-19(20)33-16-18-6-5-13-32-18)15-25-21(28)9-12-27-22(29)24(26-23(27)30)10-3-2-4-11-24/h7-8,14,18H,2-6,9-13,15-16H2,1H3,(H,25,28)(H,26,30). The first-order valence-corrected chi connectivity index (χ1v) is 11.8. The van der Waals surface area contributed by atoms with Crippen molar-refractivity contribution in [2.45, 2.75) is 69.6 Å². The fourth-order valence-corrected chi connectivity index (χ4v) is 4.78. The third kappa shape index (κ3) is 5.40. The summed E-state index contributed by atoms with van der Waals surface area (Å²) in [6.45, 7) is 1.65. The number of carbonyl (C=O) groups excluding carboxylic acids is 3. The van der Waals surface area contributed by atoms with Gasteiger partial charge in [0.1, 0.15) is 12.1 Å². The lowest BCUT2D eigenvalue weighted by molar-refractivity contribution is -0.132. The minimum Gasteiger partial charge on any atom is -0.493 e. The van der Waals surface area contributed by atoms with Gasteiger partial charge >= 0.3 is 6.03 Å². The van der Waals surface area contributed by atoms with E-state index >= 15 is 0 Å². The van der Waals surface area contributed by atoms with Crippen molar-refractivity contribution in [1.82, 2.24) is 15.5 Å². The molecular formula is C24H33N3O6. The summed E-state index contributed by atoms with van der Waals surface area (Å²) in [6.07, 6.45) is 6.54. The summed E-state index contributed by atoms with van der Waals surface area (Å²) in [6, 6.07) is 5.14. The van der Waals surface area contributed by atoms with Crippen LogP contribution in [0.4, 0.5) is 4.79 Å². The minimum absolute atomic E-state index is 0.0644. The molecule has 3 aliphatic rings. The van der Waals surface area contributed by atoms with Crippen LogP contribution in [0.2, 0.25) is 0 Å². The number of imide groups is 1. The average Bonchev–Trinajstić information content (AvgIpc) is 3.42. The first kappa shape index (κ1) is 23.4. The lowest BCUT2D eigenvalue weighted by Gasteiger charge is -2.30. The molecule has 1 unspecified atom stereocenters. The van der Waals surface area contributed by atoms with Crippen LogP contribution in [0.1, 0.15) is 56.9 Å². The Bertz CT molecular complexity index is 877. The Balaban J connectivity index is 1.24. The molecule has 1 saturated carbocycles. The molecule has 2 N–H and O–H groups in total. The number of hydrogen-bond acceptors (Lipinski definition) is 6. The third-order valence-electron chi connectivity index (χ3n) is 6.68. The number of benzene rings is 1. The van der Waals surface area contributed by atoms with Crippen LogP contribution >= 0.6 is 0 Å². The summed E-state index contributed by atoms with van der Waals surface area (Å²) in [5.74, 6) is 0.816. The summed E-state index contributed by atoms with van der Waals surface area (Å²) in [5, 5.41) is 5.71. The monoisotopic (exact) mass is 459 g/mol. The van der Waals surface area contributed by atoms with E-state index in [2.05, 4.69) is 10.6 Å². The Labute approximate surface area is 194 Å². The summed E-state index contributed by atoms with van der Waals surface area (Å²) in [7, 11) is 1.58. The number of amides is 4. The number of urea groups is 1. The van der Waals surface area contributed by atoms with Gasteiger partial charge in [-0.1, -0.05) is 25.3 Å². The highest BCUT2D eigenvalue weighted by Crippen LogP contribution is 2.33. The van der Waals surface area contributed by atoms with Gasteiger partial charge in [0.25, 0.3) is 5.91 Å². The minimum atomic E-state index is -0.754. The smallest absolute Gasteiger partial charge is 0.325 e. The van der Waals surface area contributed by atoms with Gasteiger partial charge < -0.3 is 24.8 Å². The van der Waals surface area contributed by atoms with Gasteiger partial charge in [0.15, 0.2) is 11.5 Å². The quantitative estimate of drug-likeness (QED) is 0.550. The predicted octanol–water partition coefficient (Wildman–Crippen LogP) is 2.51. The molecular weight excluding hydrogens is 426 g/mol. The zero-order valence-corrected chi connectivity index (χ0v) is 19.2. The second-order valence-corrected chi connectivity index (χ2v) is 8.99. The van der Waals surface area contributed by atoms with Crippen LogP contribution in [-0.4, -0.2) is 61.3 Å². The van der Waals surface area contributed by atoms with Gasteiger partial charge in [0.05, 0.1) is 13.2 Å². The molecule has 4 amide bonds. The van der Waals surface area contributed by atoms with E-state index in [4.69, 9.17) is 14.2 Å². The highest BCUT2D eigenvalue weighted by molar-refractivity contribution is 6.07. The Morgan fingerprint density at radius 2 is 2.03 bits per heavy atom. The largest absolute Gasteiger partial charge is 0.493 e. The van der Waals surface area contributed by atoms with Gasteiger partial charge in [-0.25, -0.2) is 4.79 Å². The summed E-state index contributed by atoms with van der Waals surface area (Å²) in [5.41, 5.74) is 0.108. The molecule has 3 fully saturated rings. The van der Waals surface area contributed by atoms with Crippen LogP contribution in [0.25, 0.3) is 0 Å². The highest BCUT2D eigenvalue weighted by Gasteiger charge is 2.51. The molecule has 4 rings (SSSR count). The molecule has 2 heterocycles. The number of nitrogens with zero attached hydrogens (tertiary/aromatic N) is 1. The first-order chi connectivity index (χ1) is 16.0. The molecule has 0 aromatic heterocycles. The number of hydrogen-bond donors (Lipinski definition) is 2. The van der Waals surface area contributed by atoms with E-state index < -0.39 is 11.6 Å². The number of ether oxygens (including phenoxy) is 3. The number of rotatable bonds is 9. The molecule has 1 aromatic rings. The van der Waals surface area contributed by atoms with Crippen molar-refractivity contribution in [2.75, 3.05) is 26.9 Å². The van der Waals surface area contributed by atoms with Crippen molar-refractivity contribution in [2.24, 2.45) is 0 Å². The fourth-order valence-electron chi connectivity index (χ4n) is 4.78. The van der Waals surface area contributed by atoms with Gasteiger partial charge in [0.2, 0.25) is 5.91 Å². The lowest BCUT2D eigenvalue weighted by Crippen LogP contribution is -2.48. The van der Waals surface area contributed by atoms with Gasteiger partial charge in [-0.05, 0) is 43.4 Å². The SMILES string of the molecule is COc1cc(CNC(=O)CCN2C(=O)NC3(CCCCC3)C2=O)ccc1OCC1CCCO1. The molecule has 180 valence electrons. The van der Waals surface area contributed by atoms with Crippen molar-refractivity contribution in [1.29, 1.82) is 0 Å². The van der Waals surface area contributed by atoms with Crippen molar-refractivity contribution in [3.05, 3.63) is 23.8 Å². The van der Waals surface area contributed by atoms with E-state index in [-0.39, 0.29) is 30.9 Å². The van der Waals surface area contributed by atoms with Crippen LogP contribution in [0.15, 0.2) is 18.2 Å². The van der Waals surface area contributed by atoms with Crippen LogP contribution in [-0.2, 0) is 20.9 Å². The number of nitrogens with one attached hydrogen (secondary N) is 2. The summed E-state index contributed by atoms with van der Waals surface area (Å²) >= 11 is 0. The third-order valence-corrected chi connectivity index (χ3v) is 6.68. The zero-order valence-electron chi connectivity index (χ0n) is 19.2. The maximum Gasteiger partial charge on any atom is 0.325 e. The van der Waals surface area contributed by atoms with Crippen molar-refractivity contribution >= 4 is 17.8 Å². The van der Waals surface area contributed by atoms with Crippen molar-refractivity contribution < 1.29 is 28.6 Å². The normalized spacial score (nSPS) is 21.8. The highest BCUT2D eigenvalue weighted by atomic mass is 16.5. The molecule has 0 radical (unpaired) electrons. The lowest BCUT2D eigenvalue weighted by atomic mass is 9.82. The Kier molecular flexibility index (Phi) is 7.37. The maximum atomic E-state index is 12.8. The molecule has 0 bridgehead atoms. The molecule has 1 atom stereocenters. The predicted molar refractivity (Wildman–Crippen MR) is 120 cm³/mol. The van der Waals surface area contributed by atoms with E-state index in [0.717, 1.165) is 44.3 Å². The van der Waals surface area contributed by atoms with Crippen LogP contribution in [0.5, 0.6) is 11.5 Å².